The third kappa shape index (κ3) is 2.32. The van der Waals surface area contributed by atoms with Crippen molar-refractivity contribution in [2.45, 2.75) is 68.3 Å². The van der Waals surface area contributed by atoms with E-state index < -0.39 is 0 Å². The molecule has 3 rings (SSSR count). The maximum atomic E-state index is 12.2. The van der Waals surface area contributed by atoms with Crippen LogP contribution in [0.25, 0.3) is 0 Å². The molecule has 1 aliphatic carbocycles. The lowest BCUT2D eigenvalue weighted by Gasteiger charge is -2.38. The van der Waals surface area contributed by atoms with Gasteiger partial charge in [0.1, 0.15) is 5.78 Å². The van der Waals surface area contributed by atoms with Crippen molar-refractivity contribution >= 4 is 17.5 Å². The Morgan fingerprint density at radius 1 is 1.00 bits per heavy atom. The van der Waals surface area contributed by atoms with Gasteiger partial charge in [0, 0.05) is 22.8 Å². The zero-order valence-electron chi connectivity index (χ0n) is 9.99. The van der Waals surface area contributed by atoms with Crippen molar-refractivity contribution in [3.8, 4) is 0 Å². The number of hydrogen-bond donors (Lipinski definition) is 0. The highest BCUT2D eigenvalue weighted by atomic mass is 32.2. The van der Waals surface area contributed by atoms with Crippen LogP contribution in [0.4, 0.5) is 0 Å². The Labute approximate surface area is 103 Å². The molecule has 3 fully saturated rings. The average Bonchev–Trinajstić information content (AvgIpc) is 2.22. The Hall–Kier alpha value is 0.0200. The maximum absolute atomic E-state index is 12.2. The second kappa shape index (κ2) is 4.72. The standard InChI is InChI=1S/C14H22OS/c15-14(7-10-3-1-4-10)11-8-12-5-2-6-13(9-11)16-12/h10-13H,1-9H2. The summed E-state index contributed by atoms with van der Waals surface area (Å²) in [6.45, 7) is 0. The van der Waals surface area contributed by atoms with Crippen LogP contribution in [0, 0.1) is 11.8 Å². The largest absolute Gasteiger partial charge is 0.299 e. The number of rotatable bonds is 3. The fourth-order valence-electron chi connectivity index (χ4n) is 3.47. The van der Waals surface area contributed by atoms with Gasteiger partial charge in [-0.25, -0.2) is 0 Å². The third-order valence-corrected chi connectivity index (χ3v) is 6.33. The van der Waals surface area contributed by atoms with Gasteiger partial charge >= 0.3 is 0 Å². The van der Waals surface area contributed by atoms with E-state index in [1.54, 1.807) is 0 Å². The number of fused-ring (bicyclic) bond motifs is 2. The van der Waals surface area contributed by atoms with E-state index >= 15 is 0 Å². The van der Waals surface area contributed by atoms with Crippen LogP contribution >= 0.6 is 11.8 Å². The molecular formula is C14H22OS. The molecule has 1 saturated carbocycles. The van der Waals surface area contributed by atoms with Gasteiger partial charge in [-0.3, -0.25) is 4.79 Å². The fourth-order valence-corrected chi connectivity index (χ4v) is 5.31. The monoisotopic (exact) mass is 238 g/mol. The summed E-state index contributed by atoms with van der Waals surface area (Å²) < 4.78 is 0. The number of carbonyl (C=O) groups is 1. The van der Waals surface area contributed by atoms with Gasteiger partial charge in [-0.15, -0.1) is 0 Å². The minimum Gasteiger partial charge on any atom is -0.299 e. The van der Waals surface area contributed by atoms with E-state index in [-0.39, 0.29) is 0 Å². The summed E-state index contributed by atoms with van der Waals surface area (Å²) in [5.74, 6) is 1.82. The van der Waals surface area contributed by atoms with Crippen molar-refractivity contribution in [3.63, 3.8) is 0 Å². The van der Waals surface area contributed by atoms with Crippen molar-refractivity contribution in [2.75, 3.05) is 0 Å². The number of carbonyl (C=O) groups excluding carboxylic acids is 1. The molecule has 16 heavy (non-hydrogen) atoms. The van der Waals surface area contributed by atoms with E-state index in [0.717, 1.165) is 22.8 Å². The minimum atomic E-state index is 0.442. The first-order valence-electron chi connectivity index (χ1n) is 6.99. The topological polar surface area (TPSA) is 17.1 Å². The van der Waals surface area contributed by atoms with E-state index in [0.29, 0.717) is 11.7 Å². The third-order valence-electron chi connectivity index (χ3n) is 4.70. The van der Waals surface area contributed by atoms with Gasteiger partial charge in [0.2, 0.25) is 0 Å². The van der Waals surface area contributed by atoms with Crippen molar-refractivity contribution in [2.24, 2.45) is 11.8 Å². The summed E-state index contributed by atoms with van der Waals surface area (Å²) in [7, 11) is 0. The maximum Gasteiger partial charge on any atom is 0.136 e. The molecule has 2 bridgehead atoms. The molecule has 2 saturated heterocycles. The molecule has 90 valence electrons. The molecule has 0 aromatic heterocycles. The van der Waals surface area contributed by atoms with Gasteiger partial charge in [-0.1, -0.05) is 25.7 Å². The number of ketones is 1. The zero-order chi connectivity index (χ0) is 11.0. The quantitative estimate of drug-likeness (QED) is 0.743. The molecule has 2 unspecified atom stereocenters. The van der Waals surface area contributed by atoms with Crippen molar-refractivity contribution in [1.29, 1.82) is 0 Å². The second-order valence-corrected chi connectivity index (χ2v) is 7.55. The van der Waals surface area contributed by atoms with Gasteiger partial charge in [0.05, 0.1) is 0 Å². The summed E-state index contributed by atoms with van der Waals surface area (Å²) >= 11 is 2.18. The lowest BCUT2D eigenvalue weighted by atomic mass is 9.77. The first kappa shape index (κ1) is 11.1. The van der Waals surface area contributed by atoms with Crippen molar-refractivity contribution in [1.82, 2.24) is 0 Å². The molecule has 0 radical (unpaired) electrons. The lowest BCUT2D eigenvalue weighted by molar-refractivity contribution is -0.125. The minimum absolute atomic E-state index is 0.442. The highest BCUT2D eigenvalue weighted by Gasteiger charge is 2.36. The Bertz CT molecular complexity index is 260. The molecule has 0 aromatic rings. The van der Waals surface area contributed by atoms with Crippen LogP contribution < -0.4 is 0 Å². The molecule has 2 aliphatic heterocycles. The summed E-state index contributed by atoms with van der Waals surface area (Å²) in [4.78, 5) is 12.2. The van der Waals surface area contributed by atoms with Gasteiger partial charge in [-0.2, -0.15) is 11.8 Å². The predicted molar refractivity (Wildman–Crippen MR) is 68.7 cm³/mol. The van der Waals surface area contributed by atoms with E-state index in [9.17, 15) is 4.79 Å². The second-order valence-electron chi connectivity index (χ2n) is 5.95. The van der Waals surface area contributed by atoms with Crippen LogP contribution in [0.3, 0.4) is 0 Å². The molecule has 2 heteroatoms. The number of thioether (sulfide) groups is 1. The molecule has 2 atom stereocenters. The summed E-state index contributed by atoms with van der Waals surface area (Å²) in [5, 5.41) is 1.64. The van der Waals surface area contributed by atoms with Crippen LogP contribution in [0.5, 0.6) is 0 Å². The van der Waals surface area contributed by atoms with E-state index in [1.165, 1.54) is 51.4 Å². The molecule has 0 spiro atoms. The SMILES string of the molecule is O=C(CC1CCC1)C1CC2CCCC(C1)S2. The first-order chi connectivity index (χ1) is 7.81. The first-order valence-corrected chi connectivity index (χ1v) is 7.93. The molecule has 0 aromatic carbocycles. The van der Waals surface area contributed by atoms with Gasteiger partial charge < -0.3 is 0 Å². The lowest BCUT2D eigenvalue weighted by Crippen LogP contribution is -2.34. The van der Waals surface area contributed by atoms with Crippen LogP contribution in [0.15, 0.2) is 0 Å². The Morgan fingerprint density at radius 3 is 2.19 bits per heavy atom. The fraction of sp³-hybridized carbons (Fsp3) is 0.929. The van der Waals surface area contributed by atoms with Gasteiger partial charge in [0.15, 0.2) is 0 Å². The Balaban J connectivity index is 1.55. The smallest absolute Gasteiger partial charge is 0.136 e. The summed E-state index contributed by atoms with van der Waals surface area (Å²) in [5.41, 5.74) is 0. The zero-order valence-corrected chi connectivity index (χ0v) is 10.8. The van der Waals surface area contributed by atoms with E-state index in [2.05, 4.69) is 11.8 Å². The molecule has 3 aliphatic rings. The highest BCUT2D eigenvalue weighted by Crippen LogP contribution is 2.45. The number of Topliss-reactive ketones (excluding diaryl/α,β-unsaturated/α-hetero) is 1. The average molecular weight is 238 g/mol. The Kier molecular flexibility index (Phi) is 3.28. The highest BCUT2D eigenvalue weighted by molar-refractivity contribution is 8.00. The van der Waals surface area contributed by atoms with Crippen LogP contribution in [-0.4, -0.2) is 16.3 Å². The van der Waals surface area contributed by atoms with E-state index in [1.807, 2.05) is 0 Å². The van der Waals surface area contributed by atoms with Gasteiger partial charge in [-0.05, 0) is 31.6 Å². The summed E-state index contributed by atoms with van der Waals surface area (Å²) in [6, 6.07) is 0. The molecule has 2 heterocycles. The molecule has 0 amide bonds. The van der Waals surface area contributed by atoms with Crippen molar-refractivity contribution in [3.05, 3.63) is 0 Å². The molecular weight excluding hydrogens is 216 g/mol. The van der Waals surface area contributed by atoms with Crippen molar-refractivity contribution < 1.29 is 4.79 Å². The molecule has 0 N–H and O–H groups in total. The normalized spacial score (nSPS) is 39.1. The summed E-state index contributed by atoms with van der Waals surface area (Å²) in [6.07, 6.45) is 11.5. The van der Waals surface area contributed by atoms with E-state index in [4.69, 9.17) is 0 Å². The van der Waals surface area contributed by atoms with Crippen LogP contribution in [-0.2, 0) is 4.79 Å². The van der Waals surface area contributed by atoms with Gasteiger partial charge in [0.25, 0.3) is 0 Å². The Morgan fingerprint density at radius 2 is 1.62 bits per heavy atom. The van der Waals surface area contributed by atoms with Crippen LogP contribution in [0.1, 0.15) is 57.8 Å². The predicted octanol–water partition coefficient (Wildman–Crippen LogP) is 3.81. The van der Waals surface area contributed by atoms with Crippen LogP contribution in [0.2, 0.25) is 0 Å². The number of hydrogen-bond acceptors (Lipinski definition) is 2. The molecule has 1 nitrogen and oxygen atoms in total.